The van der Waals surface area contributed by atoms with Crippen molar-refractivity contribution in [2.75, 3.05) is 33.2 Å². The summed E-state index contributed by atoms with van der Waals surface area (Å²) >= 11 is 0. The number of hydrogen-bond donors (Lipinski definition) is 2. The van der Waals surface area contributed by atoms with Gasteiger partial charge >= 0.3 is 0 Å². The summed E-state index contributed by atoms with van der Waals surface area (Å²) in [5, 5.41) is 6.33. The molecule has 2 N–H and O–H groups in total. The van der Waals surface area contributed by atoms with Crippen LogP contribution in [0, 0.1) is 5.92 Å². The molecule has 1 amide bonds. The zero-order valence-corrected chi connectivity index (χ0v) is 13.1. The van der Waals surface area contributed by atoms with Gasteiger partial charge in [0.05, 0.1) is 12.6 Å². The number of amides is 1. The number of carbonyl (C=O) groups is 1. The van der Waals surface area contributed by atoms with Crippen LogP contribution in [0.15, 0.2) is 30.3 Å². The summed E-state index contributed by atoms with van der Waals surface area (Å²) in [5.41, 5.74) is 1.15. The van der Waals surface area contributed by atoms with E-state index in [-0.39, 0.29) is 11.9 Å². The van der Waals surface area contributed by atoms with Gasteiger partial charge in [0.1, 0.15) is 0 Å². The Bertz CT molecular complexity index is 433. The predicted molar refractivity (Wildman–Crippen MR) is 86.1 cm³/mol. The lowest BCUT2D eigenvalue weighted by molar-refractivity contribution is -0.123. The Morgan fingerprint density at radius 1 is 1.38 bits per heavy atom. The molecule has 1 heterocycles. The Morgan fingerprint density at radius 3 is 2.86 bits per heavy atom. The molecule has 0 aromatic heterocycles. The van der Waals surface area contributed by atoms with Gasteiger partial charge in [0.25, 0.3) is 0 Å². The summed E-state index contributed by atoms with van der Waals surface area (Å²) in [5.74, 6) is 0.791. The molecule has 0 radical (unpaired) electrons. The zero-order valence-electron chi connectivity index (χ0n) is 13.1. The van der Waals surface area contributed by atoms with E-state index in [0.717, 1.165) is 25.2 Å². The molecule has 1 aliphatic rings. The molecule has 1 aliphatic heterocycles. The minimum Gasteiger partial charge on any atom is -0.348 e. The first-order chi connectivity index (χ1) is 10.2. The maximum Gasteiger partial charge on any atom is 0.234 e. The molecule has 0 spiro atoms. The highest BCUT2D eigenvalue weighted by Crippen LogP contribution is 2.16. The van der Waals surface area contributed by atoms with Crippen LogP contribution >= 0.6 is 0 Å². The minimum absolute atomic E-state index is 0.0663. The molecule has 1 fully saturated rings. The molecule has 0 bridgehead atoms. The fourth-order valence-corrected chi connectivity index (χ4v) is 3.07. The largest absolute Gasteiger partial charge is 0.348 e. The Balaban J connectivity index is 1.79. The van der Waals surface area contributed by atoms with Crippen molar-refractivity contribution in [3.05, 3.63) is 35.9 Å². The maximum atomic E-state index is 12.2. The molecule has 2 atom stereocenters. The SMILES string of the molecule is CNCC1CCCN(CC(=O)NC(C)c2ccccc2)C1. The Hall–Kier alpha value is -1.39. The van der Waals surface area contributed by atoms with Crippen LogP contribution in [-0.2, 0) is 4.79 Å². The first-order valence-corrected chi connectivity index (χ1v) is 7.90. The number of carbonyl (C=O) groups excluding carboxylic acids is 1. The van der Waals surface area contributed by atoms with Gasteiger partial charge in [-0.1, -0.05) is 30.3 Å². The van der Waals surface area contributed by atoms with Crippen molar-refractivity contribution < 1.29 is 4.79 Å². The normalized spacial score (nSPS) is 21.0. The molecule has 116 valence electrons. The Labute approximate surface area is 127 Å². The first kappa shape index (κ1) is 16.0. The number of benzene rings is 1. The molecular weight excluding hydrogens is 262 g/mol. The molecule has 0 aliphatic carbocycles. The highest BCUT2D eigenvalue weighted by molar-refractivity contribution is 5.78. The van der Waals surface area contributed by atoms with Gasteiger partial charge in [-0.2, -0.15) is 0 Å². The summed E-state index contributed by atoms with van der Waals surface area (Å²) in [7, 11) is 1.99. The lowest BCUT2D eigenvalue weighted by Crippen LogP contribution is -2.44. The molecule has 1 aromatic rings. The van der Waals surface area contributed by atoms with Gasteiger partial charge in [0, 0.05) is 6.54 Å². The lowest BCUT2D eigenvalue weighted by Gasteiger charge is -2.32. The van der Waals surface area contributed by atoms with Gasteiger partial charge in [-0.3, -0.25) is 9.69 Å². The molecule has 1 aromatic carbocycles. The first-order valence-electron chi connectivity index (χ1n) is 7.90. The van der Waals surface area contributed by atoms with Crippen LogP contribution in [0.25, 0.3) is 0 Å². The molecular formula is C17H27N3O. The third-order valence-electron chi connectivity index (χ3n) is 4.14. The number of hydrogen-bond acceptors (Lipinski definition) is 3. The van der Waals surface area contributed by atoms with Gasteiger partial charge in [-0.05, 0) is 51.4 Å². The second-order valence-corrected chi connectivity index (χ2v) is 6.00. The third kappa shape index (κ3) is 5.14. The fourth-order valence-electron chi connectivity index (χ4n) is 3.07. The molecule has 4 heteroatoms. The quantitative estimate of drug-likeness (QED) is 0.839. The summed E-state index contributed by atoms with van der Waals surface area (Å²) in [6.45, 7) is 5.64. The number of piperidine rings is 1. The summed E-state index contributed by atoms with van der Waals surface area (Å²) in [6.07, 6.45) is 2.45. The average Bonchev–Trinajstić information content (AvgIpc) is 2.48. The number of nitrogens with one attached hydrogen (secondary N) is 2. The molecule has 2 rings (SSSR count). The summed E-state index contributed by atoms with van der Waals surface area (Å²) in [4.78, 5) is 14.5. The monoisotopic (exact) mass is 289 g/mol. The van der Waals surface area contributed by atoms with Gasteiger partial charge in [-0.25, -0.2) is 0 Å². The van der Waals surface area contributed by atoms with Gasteiger partial charge < -0.3 is 10.6 Å². The van der Waals surface area contributed by atoms with E-state index >= 15 is 0 Å². The molecule has 2 unspecified atom stereocenters. The van der Waals surface area contributed by atoms with Crippen molar-refractivity contribution in [3.63, 3.8) is 0 Å². The molecule has 4 nitrogen and oxygen atoms in total. The van der Waals surface area contributed by atoms with Crippen LogP contribution in [0.2, 0.25) is 0 Å². The van der Waals surface area contributed by atoms with Crippen molar-refractivity contribution in [1.29, 1.82) is 0 Å². The fraction of sp³-hybridized carbons (Fsp3) is 0.588. The Morgan fingerprint density at radius 2 is 2.14 bits per heavy atom. The van der Waals surface area contributed by atoms with E-state index in [9.17, 15) is 4.79 Å². The smallest absolute Gasteiger partial charge is 0.234 e. The maximum absolute atomic E-state index is 12.2. The van der Waals surface area contributed by atoms with Crippen molar-refractivity contribution in [2.24, 2.45) is 5.92 Å². The second kappa shape index (κ2) is 8.15. The molecule has 1 saturated heterocycles. The van der Waals surface area contributed by atoms with E-state index in [1.54, 1.807) is 0 Å². The third-order valence-corrected chi connectivity index (χ3v) is 4.14. The van der Waals surface area contributed by atoms with Crippen molar-refractivity contribution in [1.82, 2.24) is 15.5 Å². The van der Waals surface area contributed by atoms with Gasteiger partial charge in [0.15, 0.2) is 0 Å². The van der Waals surface area contributed by atoms with Crippen LogP contribution in [0.1, 0.15) is 31.4 Å². The highest BCUT2D eigenvalue weighted by atomic mass is 16.2. The van der Waals surface area contributed by atoms with Crippen LogP contribution in [0.3, 0.4) is 0 Å². The van der Waals surface area contributed by atoms with E-state index in [0.29, 0.717) is 12.5 Å². The predicted octanol–water partition coefficient (Wildman–Crippen LogP) is 1.80. The standard InChI is InChI=1S/C17H27N3O/c1-14(16-8-4-3-5-9-16)19-17(21)13-20-10-6-7-15(12-20)11-18-2/h3-5,8-9,14-15,18H,6-7,10-13H2,1-2H3,(H,19,21). The number of nitrogens with zero attached hydrogens (tertiary/aromatic N) is 1. The van der Waals surface area contributed by atoms with Crippen LogP contribution in [0.4, 0.5) is 0 Å². The van der Waals surface area contributed by atoms with E-state index in [2.05, 4.69) is 27.7 Å². The summed E-state index contributed by atoms with van der Waals surface area (Å²) < 4.78 is 0. The van der Waals surface area contributed by atoms with Crippen LogP contribution in [-0.4, -0.2) is 44.0 Å². The van der Waals surface area contributed by atoms with E-state index in [1.165, 1.54) is 12.8 Å². The minimum atomic E-state index is 0.0663. The van der Waals surface area contributed by atoms with Crippen molar-refractivity contribution in [3.8, 4) is 0 Å². The van der Waals surface area contributed by atoms with Gasteiger partial charge in [0.2, 0.25) is 5.91 Å². The van der Waals surface area contributed by atoms with Crippen LogP contribution < -0.4 is 10.6 Å². The second-order valence-electron chi connectivity index (χ2n) is 6.00. The highest BCUT2D eigenvalue weighted by Gasteiger charge is 2.21. The topological polar surface area (TPSA) is 44.4 Å². The zero-order chi connectivity index (χ0) is 15.1. The number of rotatable bonds is 6. The van der Waals surface area contributed by atoms with E-state index in [4.69, 9.17) is 0 Å². The summed E-state index contributed by atoms with van der Waals surface area (Å²) in [6, 6.07) is 10.2. The lowest BCUT2D eigenvalue weighted by atomic mass is 9.98. The molecule has 0 saturated carbocycles. The van der Waals surface area contributed by atoms with Crippen LogP contribution in [0.5, 0.6) is 0 Å². The van der Waals surface area contributed by atoms with Crippen molar-refractivity contribution in [2.45, 2.75) is 25.8 Å². The average molecular weight is 289 g/mol. The van der Waals surface area contributed by atoms with E-state index in [1.807, 2.05) is 32.2 Å². The number of likely N-dealkylation sites (tertiary alicyclic amines) is 1. The van der Waals surface area contributed by atoms with Gasteiger partial charge in [-0.15, -0.1) is 0 Å². The van der Waals surface area contributed by atoms with Crippen molar-refractivity contribution >= 4 is 5.91 Å². The Kier molecular flexibility index (Phi) is 6.21. The molecule has 21 heavy (non-hydrogen) atoms. The van der Waals surface area contributed by atoms with E-state index < -0.39 is 0 Å².